The summed E-state index contributed by atoms with van der Waals surface area (Å²) >= 11 is 0. The zero-order valence-electron chi connectivity index (χ0n) is 16.7. The molecule has 3 rings (SSSR count). The minimum absolute atomic E-state index is 0. The number of aryl methyl sites for hydroxylation is 1. The number of nitrogens with zero attached hydrogens (tertiary/aromatic N) is 4. The molecule has 0 fully saturated rings. The predicted octanol–water partition coefficient (Wildman–Crippen LogP) is 3.22. The van der Waals surface area contributed by atoms with E-state index in [4.69, 9.17) is 9.47 Å². The highest BCUT2D eigenvalue weighted by Gasteiger charge is 2.15. The third kappa shape index (κ3) is 5.49. The van der Waals surface area contributed by atoms with E-state index in [1.165, 1.54) is 12.8 Å². The van der Waals surface area contributed by atoms with E-state index in [0.717, 1.165) is 36.8 Å². The largest absolute Gasteiger partial charge is 0.493 e. The Balaban J connectivity index is 0.00000280. The Morgan fingerprint density at radius 2 is 2.07 bits per heavy atom. The maximum Gasteiger partial charge on any atom is 0.196 e. The van der Waals surface area contributed by atoms with Gasteiger partial charge in [-0.15, -0.1) is 34.2 Å². The Bertz CT molecular complexity index is 793. The quantitative estimate of drug-likeness (QED) is 0.345. The molecule has 154 valence electrons. The summed E-state index contributed by atoms with van der Waals surface area (Å²) in [6, 6.07) is 5.73. The topological polar surface area (TPSA) is 85.6 Å². The van der Waals surface area contributed by atoms with Gasteiger partial charge in [-0.05, 0) is 38.8 Å². The van der Waals surface area contributed by atoms with Crippen molar-refractivity contribution in [3.05, 3.63) is 29.8 Å². The summed E-state index contributed by atoms with van der Waals surface area (Å²) in [4.78, 5) is 4.68. The predicted molar refractivity (Wildman–Crippen MR) is 121 cm³/mol. The molecule has 0 amide bonds. The SMILES string of the molecule is CCNC(=NCc1nnc2n1CCCC2)Nc1ccc(OC)c(OCC)c1.I. The van der Waals surface area contributed by atoms with Gasteiger partial charge in [-0.3, -0.25) is 0 Å². The van der Waals surface area contributed by atoms with Gasteiger partial charge in [-0.25, -0.2) is 4.99 Å². The first-order chi connectivity index (χ1) is 13.2. The van der Waals surface area contributed by atoms with Gasteiger partial charge in [0.25, 0.3) is 0 Å². The molecule has 0 bridgehead atoms. The smallest absolute Gasteiger partial charge is 0.196 e. The molecule has 1 aromatic heterocycles. The van der Waals surface area contributed by atoms with E-state index in [1.54, 1.807) is 7.11 Å². The second-order valence-electron chi connectivity index (χ2n) is 6.26. The maximum atomic E-state index is 5.64. The van der Waals surface area contributed by atoms with Crippen molar-refractivity contribution in [1.29, 1.82) is 0 Å². The van der Waals surface area contributed by atoms with Crippen molar-refractivity contribution in [2.45, 2.75) is 46.2 Å². The molecule has 0 unspecified atom stereocenters. The van der Waals surface area contributed by atoms with Gasteiger partial charge in [-0.2, -0.15) is 0 Å². The molecule has 0 saturated carbocycles. The standard InChI is InChI=1S/C19H28N6O2.HI/c1-4-20-19(21-13-18-24-23-17-8-6-7-11-25(17)18)22-14-9-10-15(26-3)16(12-14)27-5-2;/h9-10,12H,4-8,11,13H2,1-3H3,(H2,20,21,22);1H. The molecular weight excluding hydrogens is 471 g/mol. The average molecular weight is 500 g/mol. The monoisotopic (exact) mass is 500 g/mol. The van der Waals surface area contributed by atoms with Crippen LogP contribution >= 0.6 is 24.0 Å². The Morgan fingerprint density at radius 3 is 2.82 bits per heavy atom. The minimum atomic E-state index is 0. The molecule has 2 N–H and O–H groups in total. The number of guanidine groups is 1. The molecular formula is C19H29IN6O2. The Morgan fingerprint density at radius 1 is 1.21 bits per heavy atom. The second kappa shape index (κ2) is 11.1. The Kier molecular flexibility index (Phi) is 8.81. The first kappa shape index (κ1) is 22.3. The van der Waals surface area contributed by atoms with E-state index in [2.05, 4.69) is 30.4 Å². The number of aliphatic imine (C=N–C) groups is 1. The number of methoxy groups -OCH3 is 1. The Labute approximate surface area is 183 Å². The number of aromatic nitrogens is 3. The van der Waals surface area contributed by atoms with Crippen LogP contribution in [0, 0.1) is 0 Å². The van der Waals surface area contributed by atoms with E-state index in [-0.39, 0.29) is 24.0 Å². The van der Waals surface area contributed by atoms with E-state index < -0.39 is 0 Å². The lowest BCUT2D eigenvalue weighted by atomic mass is 10.2. The number of halogens is 1. The molecule has 1 aliphatic heterocycles. The summed E-state index contributed by atoms with van der Waals surface area (Å²) in [5.74, 6) is 4.08. The number of fused-ring (bicyclic) bond motifs is 1. The molecule has 2 heterocycles. The van der Waals surface area contributed by atoms with Crippen molar-refractivity contribution >= 4 is 35.6 Å². The van der Waals surface area contributed by atoms with Crippen LogP contribution in [0.3, 0.4) is 0 Å². The van der Waals surface area contributed by atoms with E-state index in [0.29, 0.717) is 30.6 Å². The molecule has 0 atom stereocenters. The first-order valence-electron chi connectivity index (χ1n) is 9.52. The zero-order valence-corrected chi connectivity index (χ0v) is 19.0. The van der Waals surface area contributed by atoms with Gasteiger partial charge in [0.15, 0.2) is 23.3 Å². The highest BCUT2D eigenvalue weighted by molar-refractivity contribution is 14.0. The van der Waals surface area contributed by atoms with Crippen molar-refractivity contribution < 1.29 is 9.47 Å². The van der Waals surface area contributed by atoms with Crippen LogP contribution in [0.15, 0.2) is 23.2 Å². The van der Waals surface area contributed by atoms with Crippen LogP contribution < -0.4 is 20.1 Å². The third-order valence-electron chi connectivity index (χ3n) is 4.39. The van der Waals surface area contributed by atoms with Crippen LogP contribution in [0.1, 0.15) is 38.3 Å². The van der Waals surface area contributed by atoms with E-state index >= 15 is 0 Å². The summed E-state index contributed by atoms with van der Waals surface area (Å²) < 4.78 is 13.2. The van der Waals surface area contributed by atoms with Crippen LogP contribution in [0.2, 0.25) is 0 Å². The van der Waals surface area contributed by atoms with Gasteiger partial charge in [0.2, 0.25) is 0 Å². The van der Waals surface area contributed by atoms with Crippen LogP contribution in [0.5, 0.6) is 11.5 Å². The fourth-order valence-corrected chi connectivity index (χ4v) is 3.10. The lowest BCUT2D eigenvalue weighted by Crippen LogP contribution is -2.30. The van der Waals surface area contributed by atoms with E-state index in [9.17, 15) is 0 Å². The lowest BCUT2D eigenvalue weighted by molar-refractivity contribution is 0.311. The van der Waals surface area contributed by atoms with Gasteiger partial charge in [-0.1, -0.05) is 0 Å². The van der Waals surface area contributed by atoms with Crippen LogP contribution in [-0.2, 0) is 19.5 Å². The minimum Gasteiger partial charge on any atom is -0.493 e. The lowest BCUT2D eigenvalue weighted by Gasteiger charge is -2.15. The first-order valence-corrected chi connectivity index (χ1v) is 9.52. The molecule has 1 aliphatic rings. The molecule has 0 spiro atoms. The molecule has 28 heavy (non-hydrogen) atoms. The van der Waals surface area contributed by atoms with Crippen LogP contribution in [0.4, 0.5) is 5.69 Å². The highest BCUT2D eigenvalue weighted by atomic mass is 127. The number of anilines is 1. The summed E-state index contributed by atoms with van der Waals surface area (Å²) in [6.45, 7) is 6.79. The molecule has 1 aromatic carbocycles. The summed E-state index contributed by atoms with van der Waals surface area (Å²) in [6.07, 6.45) is 3.36. The third-order valence-corrected chi connectivity index (χ3v) is 4.39. The normalized spacial score (nSPS) is 13.3. The summed E-state index contributed by atoms with van der Waals surface area (Å²) in [5, 5.41) is 15.2. The highest BCUT2D eigenvalue weighted by Crippen LogP contribution is 2.30. The number of rotatable bonds is 7. The van der Waals surface area contributed by atoms with Crippen molar-refractivity contribution in [3.8, 4) is 11.5 Å². The molecule has 9 heteroatoms. The van der Waals surface area contributed by atoms with E-state index in [1.807, 2.05) is 32.0 Å². The maximum absolute atomic E-state index is 5.64. The van der Waals surface area contributed by atoms with Crippen LogP contribution in [-0.4, -0.2) is 41.0 Å². The Hall–Kier alpha value is -2.04. The average Bonchev–Trinajstić information content (AvgIpc) is 3.10. The number of hydrogen-bond donors (Lipinski definition) is 2. The van der Waals surface area contributed by atoms with Crippen molar-refractivity contribution in [3.63, 3.8) is 0 Å². The van der Waals surface area contributed by atoms with Crippen LogP contribution in [0.25, 0.3) is 0 Å². The second-order valence-corrected chi connectivity index (χ2v) is 6.26. The van der Waals surface area contributed by atoms with Crippen molar-refractivity contribution in [2.24, 2.45) is 4.99 Å². The summed E-state index contributed by atoms with van der Waals surface area (Å²) in [5.41, 5.74) is 0.877. The van der Waals surface area contributed by atoms with Crippen molar-refractivity contribution in [2.75, 3.05) is 25.6 Å². The molecule has 0 saturated heterocycles. The number of benzene rings is 1. The number of ether oxygens (including phenoxy) is 2. The number of nitrogens with one attached hydrogen (secondary N) is 2. The molecule has 0 radical (unpaired) electrons. The molecule has 0 aliphatic carbocycles. The van der Waals surface area contributed by atoms with Gasteiger partial charge in [0.05, 0.1) is 13.7 Å². The number of hydrogen-bond acceptors (Lipinski definition) is 5. The molecule has 2 aromatic rings. The van der Waals surface area contributed by atoms with Gasteiger partial charge >= 0.3 is 0 Å². The van der Waals surface area contributed by atoms with Crippen molar-refractivity contribution in [1.82, 2.24) is 20.1 Å². The van der Waals surface area contributed by atoms with Gasteiger partial charge in [0, 0.05) is 31.3 Å². The zero-order chi connectivity index (χ0) is 19.1. The van der Waals surface area contributed by atoms with Gasteiger partial charge in [0.1, 0.15) is 12.4 Å². The van der Waals surface area contributed by atoms with Gasteiger partial charge < -0.3 is 24.7 Å². The molecule has 8 nitrogen and oxygen atoms in total. The fourth-order valence-electron chi connectivity index (χ4n) is 3.10. The fraction of sp³-hybridized carbons (Fsp3) is 0.526. The summed E-state index contributed by atoms with van der Waals surface area (Å²) in [7, 11) is 1.63.